The van der Waals surface area contributed by atoms with Crippen LogP contribution in [0.2, 0.25) is 0 Å². The number of aliphatic hydroxyl groups excluding tert-OH is 1. The van der Waals surface area contributed by atoms with Crippen molar-refractivity contribution in [3.63, 3.8) is 0 Å². The van der Waals surface area contributed by atoms with Gasteiger partial charge in [-0.05, 0) is 11.6 Å². The van der Waals surface area contributed by atoms with E-state index in [0.29, 0.717) is 11.3 Å². The molecule has 0 bridgehead atoms. The Labute approximate surface area is 74.7 Å². The largest absolute Gasteiger partial charge is 0.496 e. The SMILES string of the molecule is COc1cc([CH]O)cc([N+](=O)[O-])c1. The second kappa shape index (κ2) is 3.86. The first-order valence-electron chi connectivity index (χ1n) is 3.48. The molecule has 5 nitrogen and oxygen atoms in total. The van der Waals surface area contributed by atoms with Gasteiger partial charge in [-0.3, -0.25) is 10.1 Å². The number of hydrogen-bond acceptors (Lipinski definition) is 4. The zero-order chi connectivity index (χ0) is 9.84. The summed E-state index contributed by atoms with van der Waals surface area (Å²) in [6.07, 6.45) is 0. The predicted molar refractivity (Wildman–Crippen MR) is 45.0 cm³/mol. The maximum Gasteiger partial charge on any atom is 0.273 e. The molecule has 0 amide bonds. The minimum Gasteiger partial charge on any atom is -0.496 e. The quantitative estimate of drug-likeness (QED) is 0.567. The lowest BCUT2D eigenvalue weighted by atomic mass is 10.2. The third-order valence-corrected chi connectivity index (χ3v) is 1.51. The van der Waals surface area contributed by atoms with Gasteiger partial charge in [-0.2, -0.15) is 0 Å². The molecule has 0 aromatic heterocycles. The highest BCUT2D eigenvalue weighted by Gasteiger charge is 2.09. The lowest BCUT2D eigenvalue weighted by Crippen LogP contribution is -1.92. The van der Waals surface area contributed by atoms with Crippen molar-refractivity contribution in [1.29, 1.82) is 0 Å². The molecule has 0 aliphatic rings. The molecular formula is C8H8NO4. The van der Waals surface area contributed by atoms with Crippen LogP contribution < -0.4 is 4.74 Å². The summed E-state index contributed by atoms with van der Waals surface area (Å²) in [7, 11) is 1.40. The summed E-state index contributed by atoms with van der Waals surface area (Å²) in [4.78, 5) is 9.85. The predicted octanol–water partition coefficient (Wildman–Crippen LogP) is 1.49. The van der Waals surface area contributed by atoms with Crippen LogP contribution in [-0.2, 0) is 0 Å². The van der Waals surface area contributed by atoms with Crippen molar-refractivity contribution in [3.8, 4) is 5.75 Å². The van der Waals surface area contributed by atoms with Crippen LogP contribution in [0.3, 0.4) is 0 Å². The molecule has 0 unspecified atom stereocenters. The molecule has 0 atom stereocenters. The van der Waals surface area contributed by atoms with Crippen LogP contribution in [0.15, 0.2) is 18.2 Å². The van der Waals surface area contributed by atoms with Crippen LogP contribution in [-0.4, -0.2) is 17.1 Å². The number of nitro benzene ring substituents is 1. The smallest absolute Gasteiger partial charge is 0.273 e. The van der Waals surface area contributed by atoms with Crippen molar-refractivity contribution in [2.45, 2.75) is 0 Å². The van der Waals surface area contributed by atoms with Gasteiger partial charge in [-0.1, -0.05) is 0 Å². The third-order valence-electron chi connectivity index (χ3n) is 1.51. The Morgan fingerprint density at radius 1 is 1.54 bits per heavy atom. The Kier molecular flexibility index (Phi) is 2.81. The van der Waals surface area contributed by atoms with Gasteiger partial charge in [0.05, 0.1) is 18.1 Å². The average molecular weight is 182 g/mol. The van der Waals surface area contributed by atoms with Crippen molar-refractivity contribution < 1.29 is 14.8 Å². The van der Waals surface area contributed by atoms with E-state index in [2.05, 4.69) is 0 Å². The normalized spacial score (nSPS) is 9.69. The van der Waals surface area contributed by atoms with Gasteiger partial charge in [0.2, 0.25) is 0 Å². The molecule has 0 aliphatic heterocycles. The number of benzene rings is 1. The molecule has 0 saturated carbocycles. The molecule has 0 spiro atoms. The van der Waals surface area contributed by atoms with Gasteiger partial charge in [0.25, 0.3) is 5.69 Å². The highest BCUT2D eigenvalue weighted by Crippen LogP contribution is 2.22. The second-order valence-electron chi connectivity index (χ2n) is 2.35. The van der Waals surface area contributed by atoms with Crippen LogP contribution >= 0.6 is 0 Å². The van der Waals surface area contributed by atoms with E-state index in [1.807, 2.05) is 0 Å². The Morgan fingerprint density at radius 2 is 2.23 bits per heavy atom. The van der Waals surface area contributed by atoms with Crippen LogP contribution in [0.4, 0.5) is 5.69 Å². The van der Waals surface area contributed by atoms with E-state index in [1.54, 1.807) is 0 Å². The molecule has 1 rings (SSSR count). The van der Waals surface area contributed by atoms with Crippen molar-refractivity contribution in [3.05, 3.63) is 40.5 Å². The van der Waals surface area contributed by atoms with Gasteiger partial charge in [0.15, 0.2) is 0 Å². The van der Waals surface area contributed by atoms with E-state index in [9.17, 15) is 10.1 Å². The fourth-order valence-corrected chi connectivity index (χ4v) is 0.904. The molecule has 5 heteroatoms. The summed E-state index contributed by atoms with van der Waals surface area (Å²) >= 11 is 0. The summed E-state index contributed by atoms with van der Waals surface area (Å²) in [5.41, 5.74) is 0.228. The molecular weight excluding hydrogens is 174 g/mol. The molecule has 0 fully saturated rings. The van der Waals surface area contributed by atoms with Crippen LogP contribution in [0.5, 0.6) is 5.75 Å². The number of nitro groups is 1. The van der Waals surface area contributed by atoms with E-state index >= 15 is 0 Å². The second-order valence-corrected chi connectivity index (χ2v) is 2.35. The highest BCUT2D eigenvalue weighted by atomic mass is 16.6. The van der Waals surface area contributed by atoms with Gasteiger partial charge in [0, 0.05) is 6.07 Å². The Morgan fingerprint density at radius 3 is 2.69 bits per heavy atom. The van der Waals surface area contributed by atoms with E-state index in [0.717, 1.165) is 6.61 Å². The molecule has 69 valence electrons. The number of ether oxygens (including phenoxy) is 1. The molecule has 1 radical (unpaired) electrons. The fraction of sp³-hybridized carbons (Fsp3) is 0.125. The average Bonchev–Trinajstić information content (AvgIpc) is 2.16. The number of aliphatic hydroxyl groups is 1. The number of hydrogen-bond donors (Lipinski definition) is 1. The van der Waals surface area contributed by atoms with Gasteiger partial charge < -0.3 is 9.84 Å². The topological polar surface area (TPSA) is 72.6 Å². The van der Waals surface area contributed by atoms with Crippen molar-refractivity contribution in [2.75, 3.05) is 7.11 Å². The Bertz CT molecular complexity index is 302. The maximum absolute atomic E-state index is 10.4. The highest BCUT2D eigenvalue weighted by molar-refractivity contribution is 5.44. The van der Waals surface area contributed by atoms with E-state index in [1.165, 1.54) is 25.3 Å². The minimum absolute atomic E-state index is 0.111. The Balaban J connectivity index is 3.14. The zero-order valence-corrected chi connectivity index (χ0v) is 6.93. The molecule has 0 aliphatic carbocycles. The van der Waals surface area contributed by atoms with Crippen LogP contribution in [0.1, 0.15) is 5.56 Å². The van der Waals surface area contributed by atoms with Crippen molar-refractivity contribution in [1.82, 2.24) is 0 Å². The zero-order valence-electron chi connectivity index (χ0n) is 6.93. The summed E-state index contributed by atoms with van der Waals surface area (Å²) in [6, 6.07) is 4.03. The first kappa shape index (κ1) is 9.47. The van der Waals surface area contributed by atoms with Gasteiger partial charge >= 0.3 is 0 Å². The molecule has 0 saturated heterocycles. The van der Waals surface area contributed by atoms with E-state index in [-0.39, 0.29) is 5.69 Å². The Hall–Kier alpha value is -1.62. The maximum atomic E-state index is 10.4. The standard InChI is InChI=1S/C8H8NO4/c1-13-8-3-6(5-10)2-7(4-8)9(11)12/h2-5,10H,1H3. The summed E-state index contributed by atoms with van der Waals surface area (Å²) in [5, 5.41) is 19.1. The van der Waals surface area contributed by atoms with Crippen LogP contribution in [0.25, 0.3) is 0 Å². The van der Waals surface area contributed by atoms with Crippen molar-refractivity contribution >= 4 is 5.69 Å². The molecule has 1 aromatic rings. The summed E-state index contributed by atoms with van der Waals surface area (Å²) < 4.78 is 4.81. The van der Waals surface area contributed by atoms with Gasteiger partial charge in [-0.25, -0.2) is 0 Å². The van der Waals surface area contributed by atoms with Crippen LogP contribution in [0, 0.1) is 16.7 Å². The molecule has 1 aromatic carbocycles. The molecule has 13 heavy (non-hydrogen) atoms. The molecule has 0 heterocycles. The minimum atomic E-state index is -0.546. The monoisotopic (exact) mass is 182 g/mol. The van der Waals surface area contributed by atoms with Gasteiger partial charge in [0.1, 0.15) is 12.4 Å². The number of methoxy groups -OCH3 is 1. The fourth-order valence-electron chi connectivity index (χ4n) is 0.904. The first-order chi connectivity index (χ1) is 6.17. The number of rotatable bonds is 3. The lowest BCUT2D eigenvalue weighted by Gasteiger charge is -2.01. The summed E-state index contributed by atoms with van der Waals surface area (Å²) in [6.45, 7) is 0.787. The number of non-ortho nitro benzene ring substituents is 1. The summed E-state index contributed by atoms with van der Waals surface area (Å²) in [5.74, 6) is 0.342. The third kappa shape index (κ3) is 2.16. The van der Waals surface area contributed by atoms with Crippen molar-refractivity contribution in [2.24, 2.45) is 0 Å². The van der Waals surface area contributed by atoms with E-state index in [4.69, 9.17) is 9.84 Å². The number of nitrogens with zero attached hydrogens (tertiary/aromatic N) is 1. The lowest BCUT2D eigenvalue weighted by molar-refractivity contribution is -0.385. The first-order valence-corrected chi connectivity index (χ1v) is 3.48. The van der Waals surface area contributed by atoms with E-state index < -0.39 is 4.92 Å². The van der Waals surface area contributed by atoms with Gasteiger partial charge in [-0.15, -0.1) is 0 Å². The molecule has 1 N–H and O–H groups in total.